The van der Waals surface area contributed by atoms with Crippen LogP contribution < -0.4 is 14.8 Å². The van der Waals surface area contributed by atoms with Crippen LogP contribution >= 0.6 is 11.6 Å². The number of hydrogen-bond donors (Lipinski definition) is 2. The number of halogens is 1. The summed E-state index contributed by atoms with van der Waals surface area (Å²) in [4.78, 5) is 12.1. The van der Waals surface area contributed by atoms with Crippen LogP contribution in [-0.2, 0) is 0 Å². The molecule has 0 aliphatic carbocycles. The summed E-state index contributed by atoms with van der Waals surface area (Å²) in [6.07, 6.45) is 0. The predicted molar refractivity (Wildman–Crippen MR) is 73.2 cm³/mol. The van der Waals surface area contributed by atoms with Gasteiger partial charge in [-0.15, -0.1) is 0 Å². The summed E-state index contributed by atoms with van der Waals surface area (Å²) in [7, 11) is 2.94. The number of benzene rings is 1. The van der Waals surface area contributed by atoms with E-state index in [1.807, 2.05) is 0 Å². The van der Waals surface area contributed by atoms with Gasteiger partial charge in [-0.05, 0) is 26.0 Å². The third-order valence-electron chi connectivity index (χ3n) is 2.54. The van der Waals surface area contributed by atoms with E-state index in [2.05, 4.69) is 5.32 Å². The summed E-state index contributed by atoms with van der Waals surface area (Å²) in [5.41, 5.74) is -0.374. The van der Waals surface area contributed by atoms with Gasteiger partial charge in [0.15, 0.2) is 11.5 Å². The fourth-order valence-corrected chi connectivity index (χ4v) is 1.76. The Morgan fingerprint density at radius 1 is 1.37 bits per heavy atom. The van der Waals surface area contributed by atoms with E-state index in [0.717, 1.165) is 0 Å². The van der Waals surface area contributed by atoms with Crippen molar-refractivity contribution in [2.45, 2.75) is 19.4 Å². The molecule has 0 saturated heterocycles. The van der Waals surface area contributed by atoms with Crippen molar-refractivity contribution < 1.29 is 19.4 Å². The maximum Gasteiger partial charge on any atom is 0.251 e. The molecule has 0 spiro atoms. The van der Waals surface area contributed by atoms with E-state index in [4.69, 9.17) is 26.2 Å². The molecule has 0 bridgehead atoms. The van der Waals surface area contributed by atoms with Gasteiger partial charge in [0.05, 0.1) is 31.4 Å². The molecule has 106 valence electrons. The highest BCUT2D eigenvalue weighted by Crippen LogP contribution is 2.36. The van der Waals surface area contributed by atoms with Crippen LogP contribution in [0.15, 0.2) is 12.1 Å². The number of ether oxygens (including phenoxy) is 2. The van der Waals surface area contributed by atoms with Crippen molar-refractivity contribution in [1.29, 1.82) is 0 Å². The van der Waals surface area contributed by atoms with Gasteiger partial charge in [0.1, 0.15) is 0 Å². The summed E-state index contributed by atoms with van der Waals surface area (Å²) < 4.78 is 10.2. The molecule has 0 aromatic heterocycles. The van der Waals surface area contributed by atoms with E-state index in [1.165, 1.54) is 26.4 Å². The molecule has 0 radical (unpaired) electrons. The van der Waals surface area contributed by atoms with E-state index in [-0.39, 0.29) is 17.5 Å². The van der Waals surface area contributed by atoms with Crippen molar-refractivity contribution in [2.75, 3.05) is 20.8 Å². The monoisotopic (exact) mass is 287 g/mol. The van der Waals surface area contributed by atoms with Gasteiger partial charge >= 0.3 is 0 Å². The van der Waals surface area contributed by atoms with Crippen LogP contribution in [-0.4, -0.2) is 37.4 Å². The van der Waals surface area contributed by atoms with Crippen LogP contribution in [0.25, 0.3) is 0 Å². The highest BCUT2D eigenvalue weighted by atomic mass is 35.5. The van der Waals surface area contributed by atoms with Crippen LogP contribution in [0.1, 0.15) is 24.2 Å². The molecule has 0 atom stereocenters. The Labute approximate surface area is 117 Å². The molecule has 1 aromatic rings. The Kier molecular flexibility index (Phi) is 5.03. The lowest BCUT2D eigenvalue weighted by Crippen LogP contribution is -2.46. The molecular formula is C13H18ClNO4. The van der Waals surface area contributed by atoms with E-state index < -0.39 is 5.54 Å². The molecule has 0 unspecified atom stereocenters. The Bertz CT molecular complexity index is 474. The lowest BCUT2D eigenvalue weighted by molar-refractivity contribution is 0.0869. The van der Waals surface area contributed by atoms with E-state index in [9.17, 15) is 4.79 Å². The number of nitrogens with one attached hydrogen (secondary N) is 1. The van der Waals surface area contributed by atoms with Crippen molar-refractivity contribution in [2.24, 2.45) is 0 Å². The molecule has 2 N–H and O–H groups in total. The third kappa shape index (κ3) is 3.75. The maximum absolute atomic E-state index is 12.1. The first kappa shape index (κ1) is 15.6. The lowest BCUT2D eigenvalue weighted by atomic mass is 10.1. The normalized spacial score (nSPS) is 11.1. The third-order valence-corrected chi connectivity index (χ3v) is 2.82. The molecule has 0 aliphatic heterocycles. The molecule has 0 heterocycles. The van der Waals surface area contributed by atoms with Crippen molar-refractivity contribution in [3.63, 3.8) is 0 Å². The lowest BCUT2D eigenvalue weighted by Gasteiger charge is -2.23. The van der Waals surface area contributed by atoms with Crippen LogP contribution in [0.4, 0.5) is 0 Å². The molecule has 1 rings (SSSR count). The first-order chi connectivity index (χ1) is 8.84. The zero-order chi connectivity index (χ0) is 14.6. The van der Waals surface area contributed by atoms with Crippen molar-refractivity contribution in [1.82, 2.24) is 5.32 Å². The SMILES string of the molecule is COc1cc(C(=O)NC(C)(C)CO)cc(Cl)c1OC. The van der Waals surface area contributed by atoms with Crippen LogP contribution in [0.2, 0.25) is 5.02 Å². The molecule has 1 amide bonds. The summed E-state index contributed by atoms with van der Waals surface area (Å²) in [6.45, 7) is 3.26. The number of carbonyl (C=O) groups is 1. The Hall–Kier alpha value is -1.46. The van der Waals surface area contributed by atoms with Gasteiger partial charge < -0.3 is 19.9 Å². The van der Waals surface area contributed by atoms with Crippen molar-refractivity contribution in [3.05, 3.63) is 22.7 Å². The second-order valence-corrected chi connectivity index (χ2v) is 5.10. The maximum atomic E-state index is 12.1. The summed E-state index contributed by atoms with van der Waals surface area (Å²) in [6, 6.07) is 3.03. The van der Waals surface area contributed by atoms with Gasteiger partial charge in [0, 0.05) is 5.56 Å². The van der Waals surface area contributed by atoms with Gasteiger partial charge in [-0.1, -0.05) is 11.6 Å². The minimum Gasteiger partial charge on any atom is -0.493 e. The van der Waals surface area contributed by atoms with Crippen LogP contribution in [0.3, 0.4) is 0 Å². The molecule has 19 heavy (non-hydrogen) atoms. The molecule has 6 heteroatoms. The second kappa shape index (κ2) is 6.12. The number of rotatable bonds is 5. The van der Waals surface area contributed by atoms with Gasteiger partial charge in [-0.3, -0.25) is 4.79 Å². The quantitative estimate of drug-likeness (QED) is 0.867. The summed E-state index contributed by atoms with van der Waals surface area (Å²) in [5, 5.41) is 12.1. The van der Waals surface area contributed by atoms with E-state index >= 15 is 0 Å². The Morgan fingerprint density at radius 2 is 2.00 bits per heavy atom. The van der Waals surface area contributed by atoms with Crippen LogP contribution in [0, 0.1) is 0 Å². The molecule has 0 saturated carbocycles. The highest BCUT2D eigenvalue weighted by molar-refractivity contribution is 6.32. The van der Waals surface area contributed by atoms with Gasteiger partial charge in [-0.2, -0.15) is 0 Å². The largest absolute Gasteiger partial charge is 0.493 e. The van der Waals surface area contributed by atoms with Gasteiger partial charge in [0.2, 0.25) is 0 Å². The zero-order valence-corrected chi connectivity index (χ0v) is 12.2. The van der Waals surface area contributed by atoms with Crippen molar-refractivity contribution >= 4 is 17.5 Å². The molecule has 0 fully saturated rings. The number of hydrogen-bond acceptors (Lipinski definition) is 4. The highest BCUT2D eigenvalue weighted by Gasteiger charge is 2.22. The fourth-order valence-electron chi connectivity index (χ4n) is 1.47. The fraction of sp³-hybridized carbons (Fsp3) is 0.462. The summed E-state index contributed by atoms with van der Waals surface area (Å²) in [5.74, 6) is 0.408. The van der Waals surface area contributed by atoms with Crippen molar-refractivity contribution in [3.8, 4) is 11.5 Å². The van der Waals surface area contributed by atoms with E-state index in [0.29, 0.717) is 17.1 Å². The second-order valence-electron chi connectivity index (χ2n) is 4.69. The Morgan fingerprint density at radius 3 is 2.47 bits per heavy atom. The first-order valence-corrected chi connectivity index (χ1v) is 6.07. The average molecular weight is 288 g/mol. The molecular weight excluding hydrogens is 270 g/mol. The average Bonchev–Trinajstić information content (AvgIpc) is 2.37. The number of methoxy groups -OCH3 is 2. The van der Waals surface area contributed by atoms with E-state index in [1.54, 1.807) is 13.8 Å². The van der Waals surface area contributed by atoms with Gasteiger partial charge in [0.25, 0.3) is 5.91 Å². The van der Waals surface area contributed by atoms with Gasteiger partial charge in [-0.25, -0.2) is 0 Å². The molecule has 1 aromatic carbocycles. The minimum absolute atomic E-state index is 0.167. The number of carbonyl (C=O) groups excluding carboxylic acids is 1. The number of aliphatic hydroxyl groups excluding tert-OH is 1. The Balaban J connectivity index is 3.08. The smallest absolute Gasteiger partial charge is 0.251 e. The minimum atomic E-state index is -0.712. The van der Waals surface area contributed by atoms with Crippen LogP contribution in [0.5, 0.6) is 11.5 Å². The predicted octanol–water partition coefficient (Wildman–Crippen LogP) is 1.86. The molecule has 0 aliphatic rings. The topological polar surface area (TPSA) is 67.8 Å². The standard InChI is InChI=1S/C13H18ClNO4/c1-13(2,7-16)15-12(17)8-5-9(14)11(19-4)10(6-8)18-3/h5-6,16H,7H2,1-4H3,(H,15,17). The molecule has 5 nitrogen and oxygen atoms in total. The zero-order valence-electron chi connectivity index (χ0n) is 11.4. The first-order valence-electron chi connectivity index (χ1n) is 5.69. The summed E-state index contributed by atoms with van der Waals surface area (Å²) >= 11 is 6.03. The number of aliphatic hydroxyl groups is 1. The number of amides is 1.